The van der Waals surface area contributed by atoms with Gasteiger partial charge in [-0.05, 0) is 31.0 Å². The fraction of sp³-hybridized carbons (Fsp3) is 0.389. The molecule has 0 spiro atoms. The zero-order valence-electron chi connectivity index (χ0n) is 14.3. The molecular formula is C18H19N3O5. The fourth-order valence-corrected chi connectivity index (χ4v) is 3.44. The molecule has 3 rings (SSSR count). The Balaban J connectivity index is 2.01. The van der Waals surface area contributed by atoms with Crippen LogP contribution in [0, 0.1) is 5.92 Å². The molecule has 0 saturated carbocycles. The molecule has 26 heavy (non-hydrogen) atoms. The van der Waals surface area contributed by atoms with Gasteiger partial charge in [0.05, 0.1) is 23.4 Å². The molecule has 1 fully saturated rings. The number of aliphatic carboxylic acids is 1. The number of H-pyrrole nitrogens is 1. The van der Waals surface area contributed by atoms with Crippen LogP contribution >= 0.6 is 0 Å². The Hall–Kier alpha value is -3.03. The predicted molar refractivity (Wildman–Crippen MR) is 92.6 cm³/mol. The highest BCUT2D eigenvalue weighted by molar-refractivity contribution is 6.48. The van der Waals surface area contributed by atoms with Gasteiger partial charge >= 0.3 is 5.97 Å². The topological polar surface area (TPSA) is 120 Å². The maximum absolute atomic E-state index is 12.6. The van der Waals surface area contributed by atoms with Crippen LogP contribution in [-0.4, -0.2) is 44.6 Å². The summed E-state index contributed by atoms with van der Waals surface area (Å²) in [5.74, 6) is -4.00. The zero-order chi connectivity index (χ0) is 18.8. The third kappa shape index (κ3) is 3.10. The number of hydrogen-bond donors (Lipinski definition) is 2. The monoisotopic (exact) mass is 357 g/mol. The van der Waals surface area contributed by atoms with Crippen molar-refractivity contribution in [2.45, 2.75) is 38.6 Å². The molecule has 2 atom stereocenters. The van der Waals surface area contributed by atoms with Crippen LogP contribution in [0.3, 0.4) is 0 Å². The summed E-state index contributed by atoms with van der Waals surface area (Å²) in [4.78, 5) is 56.9. The molecule has 8 heteroatoms. The van der Waals surface area contributed by atoms with Crippen LogP contribution in [0.5, 0.6) is 0 Å². The van der Waals surface area contributed by atoms with Crippen molar-refractivity contribution in [3.05, 3.63) is 24.5 Å². The highest BCUT2D eigenvalue weighted by Gasteiger charge is 2.50. The average Bonchev–Trinajstić information content (AvgIpc) is 3.15. The minimum absolute atomic E-state index is 0.0357. The van der Waals surface area contributed by atoms with E-state index < -0.39 is 29.6 Å². The summed E-state index contributed by atoms with van der Waals surface area (Å²) >= 11 is 0. The van der Waals surface area contributed by atoms with Crippen molar-refractivity contribution in [3.63, 3.8) is 0 Å². The van der Waals surface area contributed by atoms with E-state index in [1.54, 1.807) is 18.2 Å². The Morgan fingerprint density at radius 2 is 2.04 bits per heavy atom. The molecule has 1 aromatic carbocycles. The van der Waals surface area contributed by atoms with E-state index in [9.17, 15) is 19.2 Å². The van der Waals surface area contributed by atoms with Gasteiger partial charge in [-0.15, -0.1) is 0 Å². The molecule has 1 aromatic heterocycles. The van der Waals surface area contributed by atoms with Crippen molar-refractivity contribution in [1.82, 2.24) is 9.97 Å². The molecular weight excluding hydrogens is 338 g/mol. The molecule has 0 bridgehead atoms. The van der Waals surface area contributed by atoms with Crippen LogP contribution in [0.15, 0.2) is 24.5 Å². The summed E-state index contributed by atoms with van der Waals surface area (Å²) < 4.78 is 0. The van der Waals surface area contributed by atoms with Crippen molar-refractivity contribution < 1.29 is 24.3 Å². The number of hydrogen-bond acceptors (Lipinski definition) is 5. The van der Waals surface area contributed by atoms with Gasteiger partial charge in [0.25, 0.3) is 5.91 Å². The Morgan fingerprint density at radius 3 is 2.73 bits per heavy atom. The molecule has 0 radical (unpaired) electrons. The van der Waals surface area contributed by atoms with Gasteiger partial charge in [0.1, 0.15) is 11.7 Å². The van der Waals surface area contributed by atoms with E-state index in [4.69, 9.17) is 5.11 Å². The van der Waals surface area contributed by atoms with Crippen molar-refractivity contribution >= 4 is 40.2 Å². The predicted octanol–water partition coefficient (Wildman–Crippen LogP) is 1.70. The summed E-state index contributed by atoms with van der Waals surface area (Å²) in [6.07, 6.45) is 2.06. The first-order valence-electron chi connectivity index (χ1n) is 8.49. The van der Waals surface area contributed by atoms with E-state index in [2.05, 4.69) is 9.97 Å². The molecule has 2 unspecified atom stereocenters. The number of aromatic nitrogens is 2. The van der Waals surface area contributed by atoms with E-state index in [1.165, 1.54) is 11.2 Å². The zero-order valence-corrected chi connectivity index (χ0v) is 14.3. The first-order valence-corrected chi connectivity index (χ1v) is 8.49. The number of carbonyl (C=O) groups excluding carboxylic acids is 3. The van der Waals surface area contributed by atoms with Gasteiger partial charge in [-0.1, -0.05) is 6.92 Å². The minimum atomic E-state index is -1.11. The van der Waals surface area contributed by atoms with E-state index in [0.717, 1.165) is 0 Å². The van der Waals surface area contributed by atoms with E-state index in [0.29, 0.717) is 23.1 Å². The molecule has 2 aromatic rings. The highest BCUT2D eigenvalue weighted by Crippen LogP contribution is 2.34. The van der Waals surface area contributed by atoms with Gasteiger partial charge in [-0.25, -0.2) is 4.98 Å². The Bertz CT molecular complexity index is 888. The van der Waals surface area contributed by atoms with Gasteiger partial charge in [-0.3, -0.25) is 19.2 Å². The number of rotatable bonds is 7. The van der Waals surface area contributed by atoms with Gasteiger partial charge in [0.2, 0.25) is 5.78 Å². The van der Waals surface area contributed by atoms with E-state index >= 15 is 0 Å². The smallest absolute Gasteiger partial charge is 0.303 e. The van der Waals surface area contributed by atoms with Crippen LogP contribution in [-0.2, 0) is 19.2 Å². The maximum atomic E-state index is 12.6. The molecule has 1 aliphatic heterocycles. The molecule has 0 aliphatic carbocycles. The first kappa shape index (κ1) is 17.8. The van der Waals surface area contributed by atoms with Crippen molar-refractivity contribution in [1.29, 1.82) is 0 Å². The number of nitrogens with one attached hydrogen (secondary N) is 1. The lowest BCUT2D eigenvalue weighted by Gasteiger charge is -2.26. The first-order chi connectivity index (χ1) is 12.4. The second-order valence-electron chi connectivity index (χ2n) is 6.34. The number of amides is 1. The molecule has 2 heterocycles. The minimum Gasteiger partial charge on any atom is -0.481 e. The van der Waals surface area contributed by atoms with Crippen molar-refractivity contribution in [2.24, 2.45) is 5.92 Å². The van der Waals surface area contributed by atoms with Gasteiger partial charge in [0.15, 0.2) is 0 Å². The molecule has 1 saturated heterocycles. The summed E-state index contributed by atoms with van der Waals surface area (Å²) in [6, 6.07) is 4.24. The molecule has 2 N–H and O–H groups in total. The van der Waals surface area contributed by atoms with Gasteiger partial charge in [0, 0.05) is 18.5 Å². The Kier molecular flexibility index (Phi) is 4.83. The van der Waals surface area contributed by atoms with Crippen LogP contribution in [0.2, 0.25) is 0 Å². The molecule has 1 aliphatic rings. The van der Waals surface area contributed by atoms with Gasteiger partial charge < -0.3 is 15.0 Å². The molecule has 8 nitrogen and oxygen atoms in total. The van der Waals surface area contributed by atoms with Crippen LogP contribution < -0.4 is 4.90 Å². The number of ketones is 2. The SMILES string of the molecule is CCCC(=O)C1C(=O)C(=O)N(c2ccc3nc[nH]c3c2)C1CCC(=O)O. The Morgan fingerprint density at radius 1 is 1.27 bits per heavy atom. The number of anilines is 1. The number of Topliss-reactive ketones (excluding diaryl/α,β-unsaturated/α-hetero) is 2. The average molecular weight is 357 g/mol. The van der Waals surface area contributed by atoms with Gasteiger partial charge in [-0.2, -0.15) is 0 Å². The fourth-order valence-electron chi connectivity index (χ4n) is 3.44. The van der Waals surface area contributed by atoms with Crippen LogP contribution in [0.25, 0.3) is 11.0 Å². The normalized spacial score (nSPS) is 20.1. The second kappa shape index (κ2) is 7.07. The second-order valence-corrected chi connectivity index (χ2v) is 6.34. The summed E-state index contributed by atoms with van der Waals surface area (Å²) in [5, 5.41) is 9.02. The number of imidazole rings is 1. The van der Waals surface area contributed by atoms with E-state index in [1.807, 2.05) is 6.92 Å². The number of nitrogens with zero attached hydrogens (tertiary/aromatic N) is 2. The number of benzene rings is 1. The quantitative estimate of drug-likeness (QED) is 0.575. The number of fused-ring (bicyclic) bond motifs is 1. The maximum Gasteiger partial charge on any atom is 0.303 e. The molecule has 1 amide bonds. The van der Waals surface area contributed by atoms with Crippen molar-refractivity contribution in [3.8, 4) is 0 Å². The lowest BCUT2D eigenvalue weighted by atomic mass is 9.89. The third-order valence-electron chi connectivity index (χ3n) is 4.61. The lowest BCUT2D eigenvalue weighted by molar-refractivity contribution is -0.139. The summed E-state index contributed by atoms with van der Waals surface area (Å²) in [6.45, 7) is 1.81. The van der Waals surface area contributed by atoms with Crippen LogP contribution in [0.1, 0.15) is 32.6 Å². The summed E-state index contributed by atoms with van der Waals surface area (Å²) in [5.41, 5.74) is 1.83. The van der Waals surface area contributed by atoms with Crippen molar-refractivity contribution in [2.75, 3.05) is 4.90 Å². The number of aromatic amines is 1. The lowest BCUT2D eigenvalue weighted by Crippen LogP contribution is -2.38. The standard InChI is InChI=1S/C18H19N3O5/c1-2-3-14(22)16-13(6-7-15(23)24)21(18(26)17(16)25)10-4-5-11-12(8-10)20-9-19-11/h4-5,8-9,13,16H,2-3,6-7H2,1H3,(H,19,20)(H,23,24). The number of carbonyl (C=O) groups is 4. The van der Waals surface area contributed by atoms with Crippen LogP contribution in [0.4, 0.5) is 5.69 Å². The summed E-state index contributed by atoms with van der Waals surface area (Å²) in [7, 11) is 0. The Labute approximate surface area is 149 Å². The number of carboxylic acid groups (broad SMARTS) is 1. The van der Waals surface area contributed by atoms with E-state index in [-0.39, 0.29) is 25.0 Å². The third-order valence-corrected chi connectivity index (χ3v) is 4.61. The highest BCUT2D eigenvalue weighted by atomic mass is 16.4. The molecule has 136 valence electrons. The number of carboxylic acids is 1. The largest absolute Gasteiger partial charge is 0.481 e.